The van der Waals surface area contributed by atoms with Gasteiger partial charge in [0.2, 0.25) is 0 Å². The zero-order valence-electron chi connectivity index (χ0n) is 12.0. The molecule has 2 rings (SSSR count). The van der Waals surface area contributed by atoms with Crippen LogP contribution in [0, 0.1) is 19.8 Å². The average molecular weight is 299 g/mol. The second kappa shape index (κ2) is 7.50. The van der Waals surface area contributed by atoms with Gasteiger partial charge in [0.05, 0.1) is 0 Å². The number of hydrogen-bond acceptors (Lipinski definition) is 3. The molecule has 112 valence electrons. The molecule has 20 heavy (non-hydrogen) atoms. The molecule has 1 aliphatic rings. The van der Waals surface area contributed by atoms with E-state index in [1.807, 2.05) is 32.0 Å². The molecule has 0 saturated heterocycles. The number of aryl methyl sites for hydroxylation is 2. The summed E-state index contributed by atoms with van der Waals surface area (Å²) < 4.78 is 5.51. The number of carbonyl (C=O) groups excluding carboxylic acids is 1. The maximum atomic E-state index is 11.7. The van der Waals surface area contributed by atoms with Crippen LogP contribution >= 0.6 is 12.4 Å². The zero-order valence-corrected chi connectivity index (χ0v) is 12.8. The predicted octanol–water partition coefficient (Wildman–Crippen LogP) is 1.96. The molecule has 1 aromatic carbocycles. The Hall–Kier alpha value is -1.26. The molecule has 1 amide bonds. The Kier molecular flexibility index (Phi) is 6.30. The van der Waals surface area contributed by atoms with Gasteiger partial charge >= 0.3 is 0 Å². The van der Waals surface area contributed by atoms with Crippen molar-refractivity contribution in [3.05, 3.63) is 29.3 Å². The monoisotopic (exact) mass is 298 g/mol. The lowest BCUT2D eigenvalue weighted by Gasteiger charge is -2.13. The summed E-state index contributed by atoms with van der Waals surface area (Å²) in [5, 5.41) is 2.82. The molecule has 1 saturated carbocycles. The van der Waals surface area contributed by atoms with Gasteiger partial charge in [-0.05, 0) is 44.2 Å². The number of nitrogens with two attached hydrogens (primary N) is 1. The Labute approximate surface area is 126 Å². The highest BCUT2D eigenvalue weighted by Crippen LogP contribution is 2.31. The van der Waals surface area contributed by atoms with Crippen molar-refractivity contribution in [3.8, 4) is 5.75 Å². The summed E-state index contributed by atoms with van der Waals surface area (Å²) in [6.45, 7) is 4.59. The van der Waals surface area contributed by atoms with Crippen molar-refractivity contribution in [3.63, 3.8) is 0 Å². The number of ether oxygens (including phenoxy) is 1. The van der Waals surface area contributed by atoms with Gasteiger partial charge < -0.3 is 15.8 Å². The topological polar surface area (TPSA) is 64.3 Å². The second-order valence-electron chi connectivity index (χ2n) is 5.36. The molecule has 0 radical (unpaired) electrons. The molecule has 0 aliphatic heterocycles. The van der Waals surface area contributed by atoms with Crippen LogP contribution in [0.1, 0.15) is 24.0 Å². The van der Waals surface area contributed by atoms with E-state index in [1.165, 1.54) is 18.4 Å². The Morgan fingerprint density at radius 3 is 2.75 bits per heavy atom. The molecule has 5 heteroatoms. The number of halogens is 1. The van der Waals surface area contributed by atoms with E-state index in [-0.39, 0.29) is 31.0 Å². The molecule has 1 unspecified atom stereocenters. The van der Waals surface area contributed by atoms with Gasteiger partial charge in [-0.25, -0.2) is 0 Å². The van der Waals surface area contributed by atoms with Crippen LogP contribution in [-0.2, 0) is 4.79 Å². The van der Waals surface area contributed by atoms with E-state index in [0.717, 1.165) is 11.3 Å². The Morgan fingerprint density at radius 2 is 2.15 bits per heavy atom. The lowest BCUT2D eigenvalue weighted by molar-refractivity contribution is -0.123. The van der Waals surface area contributed by atoms with Gasteiger partial charge in [0.25, 0.3) is 5.91 Å². The van der Waals surface area contributed by atoms with Crippen molar-refractivity contribution in [2.75, 3.05) is 13.2 Å². The molecule has 3 N–H and O–H groups in total. The lowest BCUT2D eigenvalue weighted by Crippen LogP contribution is -2.40. The van der Waals surface area contributed by atoms with Crippen LogP contribution in [0.2, 0.25) is 0 Å². The van der Waals surface area contributed by atoms with E-state index >= 15 is 0 Å². The molecule has 1 atom stereocenters. The van der Waals surface area contributed by atoms with E-state index < -0.39 is 0 Å². The van der Waals surface area contributed by atoms with Crippen molar-refractivity contribution in [1.82, 2.24) is 5.32 Å². The third-order valence-electron chi connectivity index (χ3n) is 3.45. The van der Waals surface area contributed by atoms with Crippen molar-refractivity contribution < 1.29 is 9.53 Å². The van der Waals surface area contributed by atoms with Crippen LogP contribution in [0.15, 0.2) is 18.2 Å². The molecule has 0 heterocycles. The van der Waals surface area contributed by atoms with Crippen molar-refractivity contribution in [1.29, 1.82) is 0 Å². The fraction of sp³-hybridized carbons (Fsp3) is 0.533. The maximum Gasteiger partial charge on any atom is 0.257 e. The normalized spacial score (nSPS) is 15.2. The molecule has 0 aromatic heterocycles. The van der Waals surface area contributed by atoms with Gasteiger partial charge in [-0.2, -0.15) is 0 Å². The van der Waals surface area contributed by atoms with Gasteiger partial charge in [-0.3, -0.25) is 4.79 Å². The van der Waals surface area contributed by atoms with Gasteiger partial charge in [-0.15, -0.1) is 12.4 Å². The van der Waals surface area contributed by atoms with Crippen LogP contribution in [0.4, 0.5) is 0 Å². The summed E-state index contributed by atoms with van der Waals surface area (Å²) in [4.78, 5) is 11.7. The summed E-state index contributed by atoms with van der Waals surface area (Å²) >= 11 is 0. The third kappa shape index (κ3) is 5.02. The van der Waals surface area contributed by atoms with E-state index in [4.69, 9.17) is 10.5 Å². The Balaban J connectivity index is 0.00000200. The first kappa shape index (κ1) is 16.8. The van der Waals surface area contributed by atoms with Gasteiger partial charge in [0.1, 0.15) is 5.75 Å². The fourth-order valence-corrected chi connectivity index (χ4v) is 2.08. The summed E-state index contributed by atoms with van der Waals surface area (Å²) in [6.07, 6.45) is 2.38. The van der Waals surface area contributed by atoms with Crippen molar-refractivity contribution >= 4 is 18.3 Å². The molecular formula is C15H23ClN2O2. The Morgan fingerprint density at radius 1 is 1.45 bits per heavy atom. The highest BCUT2D eigenvalue weighted by Gasteiger charge is 2.28. The molecule has 0 bridgehead atoms. The minimum absolute atomic E-state index is 0. The number of benzene rings is 1. The third-order valence-corrected chi connectivity index (χ3v) is 3.45. The summed E-state index contributed by atoms with van der Waals surface area (Å²) in [6, 6.07) is 6.00. The van der Waals surface area contributed by atoms with Crippen LogP contribution in [0.3, 0.4) is 0 Å². The number of amides is 1. The van der Waals surface area contributed by atoms with Crippen LogP contribution in [0.5, 0.6) is 5.75 Å². The number of nitrogens with one attached hydrogen (secondary N) is 1. The number of rotatable bonds is 6. The summed E-state index contributed by atoms with van der Waals surface area (Å²) in [5.41, 5.74) is 8.15. The van der Waals surface area contributed by atoms with Crippen molar-refractivity contribution in [2.45, 2.75) is 32.7 Å². The van der Waals surface area contributed by atoms with Gasteiger partial charge in [0, 0.05) is 12.6 Å². The first-order chi connectivity index (χ1) is 9.06. The quantitative estimate of drug-likeness (QED) is 0.844. The first-order valence-electron chi connectivity index (χ1n) is 6.78. The minimum Gasteiger partial charge on any atom is -0.484 e. The lowest BCUT2D eigenvalue weighted by atomic mass is 10.1. The predicted molar refractivity (Wildman–Crippen MR) is 82.4 cm³/mol. The smallest absolute Gasteiger partial charge is 0.257 e. The SMILES string of the molecule is Cc1ccc(OCC(=O)NCC(N)C2CC2)c(C)c1.Cl. The van der Waals surface area contributed by atoms with Crippen molar-refractivity contribution in [2.24, 2.45) is 11.7 Å². The van der Waals surface area contributed by atoms with E-state index in [2.05, 4.69) is 5.32 Å². The van der Waals surface area contributed by atoms with Crippen LogP contribution in [-0.4, -0.2) is 25.1 Å². The fourth-order valence-electron chi connectivity index (χ4n) is 2.08. The van der Waals surface area contributed by atoms with E-state index in [1.54, 1.807) is 0 Å². The Bertz CT molecular complexity index is 461. The minimum atomic E-state index is -0.115. The molecule has 4 nitrogen and oxygen atoms in total. The maximum absolute atomic E-state index is 11.7. The first-order valence-corrected chi connectivity index (χ1v) is 6.78. The van der Waals surface area contributed by atoms with E-state index in [9.17, 15) is 4.79 Å². The molecule has 1 aromatic rings. The molecule has 1 fully saturated rings. The van der Waals surface area contributed by atoms with E-state index in [0.29, 0.717) is 12.5 Å². The summed E-state index contributed by atoms with van der Waals surface area (Å²) in [5.74, 6) is 1.24. The highest BCUT2D eigenvalue weighted by atomic mass is 35.5. The molecule has 0 spiro atoms. The summed E-state index contributed by atoms with van der Waals surface area (Å²) in [7, 11) is 0. The molecule has 1 aliphatic carbocycles. The zero-order chi connectivity index (χ0) is 13.8. The van der Waals surface area contributed by atoms with Gasteiger partial charge in [0.15, 0.2) is 6.61 Å². The standard InChI is InChI=1S/C15H22N2O2.ClH/c1-10-3-6-14(11(2)7-10)19-9-15(18)17-8-13(16)12-4-5-12;/h3,6-7,12-13H,4-5,8-9,16H2,1-2H3,(H,17,18);1H. The number of carbonyl (C=O) groups is 1. The average Bonchev–Trinajstić information content (AvgIpc) is 3.19. The van der Waals surface area contributed by atoms with Crippen LogP contribution in [0.25, 0.3) is 0 Å². The molecular weight excluding hydrogens is 276 g/mol. The highest BCUT2D eigenvalue weighted by molar-refractivity contribution is 5.85. The largest absolute Gasteiger partial charge is 0.484 e. The number of hydrogen-bond donors (Lipinski definition) is 2. The van der Waals surface area contributed by atoms with Crippen LogP contribution < -0.4 is 15.8 Å². The van der Waals surface area contributed by atoms with Gasteiger partial charge in [-0.1, -0.05) is 17.7 Å². The second-order valence-corrected chi connectivity index (χ2v) is 5.36.